The van der Waals surface area contributed by atoms with E-state index in [1.165, 1.54) is 6.42 Å². The minimum Gasteiger partial charge on any atom is -0.379 e. The molecule has 3 nitrogen and oxygen atoms in total. The van der Waals surface area contributed by atoms with Gasteiger partial charge in [0.05, 0.1) is 19.3 Å². The van der Waals surface area contributed by atoms with Crippen LogP contribution in [0.4, 0.5) is 0 Å². The third kappa shape index (κ3) is 8.08. The first-order valence-corrected chi connectivity index (χ1v) is 6.71. The van der Waals surface area contributed by atoms with Crippen LogP contribution in [-0.2, 0) is 9.47 Å². The van der Waals surface area contributed by atoms with Crippen LogP contribution < -0.4 is 5.73 Å². The van der Waals surface area contributed by atoms with E-state index in [2.05, 4.69) is 20.8 Å². The van der Waals surface area contributed by atoms with Crippen molar-refractivity contribution in [3.05, 3.63) is 0 Å². The molecule has 0 aromatic heterocycles. The number of nitrogens with two attached hydrogens (primary N) is 1. The summed E-state index contributed by atoms with van der Waals surface area (Å²) in [6, 6.07) is 0.172. The van der Waals surface area contributed by atoms with Gasteiger partial charge < -0.3 is 15.2 Å². The molecule has 16 heavy (non-hydrogen) atoms. The van der Waals surface area contributed by atoms with Crippen LogP contribution in [0.2, 0.25) is 0 Å². The molecule has 0 aromatic rings. The molecule has 0 aliphatic heterocycles. The summed E-state index contributed by atoms with van der Waals surface area (Å²) in [7, 11) is 0. The van der Waals surface area contributed by atoms with E-state index < -0.39 is 0 Å². The molecule has 0 amide bonds. The summed E-state index contributed by atoms with van der Waals surface area (Å²) in [5.41, 5.74) is 6.04. The minimum atomic E-state index is 0.172. The average molecular weight is 231 g/mol. The predicted octanol–water partition coefficient (Wildman–Crippen LogP) is 2.73. The van der Waals surface area contributed by atoms with Crippen LogP contribution in [0, 0.1) is 0 Å². The highest BCUT2D eigenvalue weighted by atomic mass is 16.5. The van der Waals surface area contributed by atoms with Gasteiger partial charge in [0.1, 0.15) is 0 Å². The van der Waals surface area contributed by atoms with Crippen molar-refractivity contribution in [1.82, 2.24) is 0 Å². The molecule has 0 radical (unpaired) electrons. The molecule has 0 spiro atoms. The molecule has 0 rings (SSSR count). The maximum atomic E-state index is 6.04. The quantitative estimate of drug-likeness (QED) is 0.556. The smallest absolute Gasteiger partial charge is 0.0724 e. The van der Waals surface area contributed by atoms with E-state index in [0.717, 1.165) is 32.3 Å². The van der Waals surface area contributed by atoms with E-state index in [9.17, 15) is 0 Å². The molecule has 0 aliphatic rings. The summed E-state index contributed by atoms with van der Waals surface area (Å²) < 4.78 is 11.2. The second-order valence-corrected chi connectivity index (χ2v) is 4.24. The van der Waals surface area contributed by atoms with Gasteiger partial charge in [-0.2, -0.15) is 0 Å². The molecular weight excluding hydrogens is 202 g/mol. The monoisotopic (exact) mass is 231 g/mol. The lowest BCUT2D eigenvalue weighted by Crippen LogP contribution is -2.36. The predicted molar refractivity (Wildman–Crippen MR) is 68.6 cm³/mol. The van der Waals surface area contributed by atoms with Crippen LogP contribution in [0.25, 0.3) is 0 Å². The first kappa shape index (κ1) is 15.9. The van der Waals surface area contributed by atoms with Gasteiger partial charge >= 0.3 is 0 Å². The standard InChI is InChI=1S/C13H29NO2/c1-4-7-9-15-10-11-16-13(6-3)12(14)8-5-2/h12-13H,4-11,14H2,1-3H3. The van der Waals surface area contributed by atoms with Gasteiger partial charge in [0.25, 0.3) is 0 Å². The lowest BCUT2D eigenvalue weighted by molar-refractivity contribution is -0.00899. The Morgan fingerprint density at radius 2 is 1.75 bits per heavy atom. The minimum absolute atomic E-state index is 0.172. The molecule has 0 bridgehead atoms. The van der Waals surface area contributed by atoms with Crippen LogP contribution in [0.5, 0.6) is 0 Å². The first-order valence-electron chi connectivity index (χ1n) is 6.71. The summed E-state index contributed by atoms with van der Waals surface area (Å²) in [6.45, 7) is 8.64. The summed E-state index contributed by atoms with van der Waals surface area (Å²) in [6.07, 6.45) is 5.64. The fraction of sp³-hybridized carbons (Fsp3) is 1.00. The highest BCUT2D eigenvalue weighted by molar-refractivity contribution is 4.71. The van der Waals surface area contributed by atoms with E-state index in [4.69, 9.17) is 15.2 Å². The third-order valence-electron chi connectivity index (χ3n) is 2.70. The van der Waals surface area contributed by atoms with Gasteiger partial charge in [0.2, 0.25) is 0 Å². The van der Waals surface area contributed by atoms with Gasteiger partial charge in [-0.05, 0) is 19.3 Å². The molecule has 2 unspecified atom stereocenters. The SMILES string of the molecule is CCCCOCCOC(CC)C(N)CCC. The second-order valence-electron chi connectivity index (χ2n) is 4.24. The van der Waals surface area contributed by atoms with Gasteiger partial charge in [-0.1, -0.05) is 33.6 Å². The van der Waals surface area contributed by atoms with E-state index in [1.807, 2.05) is 0 Å². The number of ether oxygens (including phenoxy) is 2. The maximum Gasteiger partial charge on any atom is 0.0724 e. The van der Waals surface area contributed by atoms with Gasteiger partial charge in [-0.15, -0.1) is 0 Å². The number of hydrogen-bond donors (Lipinski definition) is 1. The Balaban J connectivity index is 3.47. The molecule has 2 atom stereocenters. The molecule has 2 N–H and O–H groups in total. The molecule has 0 fully saturated rings. The van der Waals surface area contributed by atoms with Crippen LogP contribution in [-0.4, -0.2) is 32.0 Å². The highest BCUT2D eigenvalue weighted by Gasteiger charge is 2.15. The van der Waals surface area contributed by atoms with Crippen molar-refractivity contribution in [2.75, 3.05) is 19.8 Å². The molecule has 3 heteroatoms. The van der Waals surface area contributed by atoms with Crippen molar-refractivity contribution in [3.8, 4) is 0 Å². The van der Waals surface area contributed by atoms with E-state index >= 15 is 0 Å². The zero-order valence-electron chi connectivity index (χ0n) is 11.2. The van der Waals surface area contributed by atoms with Gasteiger partial charge in [0.15, 0.2) is 0 Å². The second kappa shape index (κ2) is 11.4. The van der Waals surface area contributed by atoms with Gasteiger partial charge in [-0.25, -0.2) is 0 Å². The van der Waals surface area contributed by atoms with Gasteiger partial charge in [-0.3, -0.25) is 0 Å². The Labute approximate surface area is 101 Å². The Bertz CT molecular complexity index is 142. The lowest BCUT2D eigenvalue weighted by Gasteiger charge is -2.22. The zero-order chi connectivity index (χ0) is 12.2. The summed E-state index contributed by atoms with van der Waals surface area (Å²) >= 11 is 0. The van der Waals surface area contributed by atoms with Crippen molar-refractivity contribution in [3.63, 3.8) is 0 Å². The van der Waals surface area contributed by atoms with Crippen LogP contribution >= 0.6 is 0 Å². The van der Waals surface area contributed by atoms with Crippen LogP contribution in [0.3, 0.4) is 0 Å². The van der Waals surface area contributed by atoms with Crippen molar-refractivity contribution in [1.29, 1.82) is 0 Å². The number of unbranched alkanes of at least 4 members (excludes halogenated alkanes) is 1. The van der Waals surface area contributed by atoms with Gasteiger partial charge in [0, 0.05) is 12.6 Å². The number of hydrogen-bond acceptors (Lipinski definition) is 3. The fourth-order valence-corrected chi connectivity index (χ4v) is 1.67. The van der Waals surface area contributed by atoms with E-state index in [-0.39, 0.29) is 12.1 Å². The maximum absolute atomic E-state index is 6.04. The number of rotatable bonds is 11. The topological polar surface area (TPSA) is 44.5 Å². The molecule has 0 aliphatic carbocycles. The lowest BCUT2D eigenvalue weighted by atomic mass is 10.1. The average Bonchev–Trinajstić information content (AvgIpc) is 2.28. The zero-order valence-corrected chi connectivity index (χ0v) is 11.2. The summed E-state index contributed by atoms with van der Waals surface area (Å²) in [5, 5.41) is 0. The Morgan fingerprint density at radius 1 is 1.00 bits per heavy atom. The Hall–Kier alpha value is -0.120. The van der Waals surface area contributed by atoms with Crippen LogP contribution in [0.1, 0.15) is 52.9 Å². The van der Waals surface area contributed by atoms with Crippen molar-refractivity contribution >= 4 is 0 Å². The van der Waals surface area contributed by atoms with E-state index in [0.29, 0.717) is 13.2 Å². The molecule has 0 aromatic carbocycles. The fourth-order valence-electron chi connectivity index (χ4n) is 1.67. The highest BCUT2D eigenvalue weighted by Crippen LogP contribution is 2.07. The molecular formula is C13H29NO2. The molecule has 0 saturated heterocycles. The first-order chi connectivity index (χ1) is 7.76. The van der Waals surface area contributed by atoms with Crippen molar-refractivity contribution < 1.29 is 9.47 Å². The summed E-state index contributed by atoms with van der Waals surface area (Å²) in [4.78, 5) is 0. The molecule has 0 saturated carbocycles. The normalized spacial score (nSPS) is 15.0. The molecule has 0 heterocycles. The Morgan fingerprint density at radius 3 is 2.31 bits per heavy atom. The van der Waals surface area contributed by atoms with Crippen molar-refractivity contribution in [2.45, 2.75) is 65.0 Å². The van der Waals surface area contributed by atoms with Crippen LogP contribution in [0.15, 0.2) is 0 Å². The summed E-state index contributed by atoms with van der Waals surface area (Å²) in [5.74, 6) is 0. The largest absolute Gasteiger partial charge is 0.379 e. The van der Waals surface area contributed by atoms with Crippen molar-refractivity contribution in [2.24, 2.45) is 5.73 Å². The van der Waals surface area contributed by atoms with E-state index in [1.54, 1.807) is 0 Å². The third-order valence-corrected chi connectivity index (χ3v) is 2.70. The Kier molecular flexibility index (Phi) is 11.3. The molecule has 98 valence electrons.